The molecule has 20 heavy (non-hydrogen) atoms. The minimum atomic E-state index is -3.76. The van der Waals surface area contributed by atoms with E-state index in [0.717, 1.165) is 10.6 Å². The fraction of sp³-hybridized carbons (Fsp3) is 0.333. The van der Waals surface area contributed by atoms with Gasteiger partial charge in [0.05, 0.1) is 5.69 Å². The van der Waals surface area contributed by atoms with Crippen molar-refractivity contribution in [2.24, 2.45) is 0 Å². The highest BCUT2D eigenvalue weighted by Gasteiger charge is 2.22. The molecule has 108 valence electrons. The van der Waals surface area contributed by atoms with Crippen molar-refractivity contribution < 1.29 is 8.42 Å². The van der Waals surface area contributed by atoms with Crippen LogP contribution in [-0.2, 0) is 16.4 Å². The van der Waals surface area contributed by atoms with E-state index in [1.807, 2.05) is 13.8 Å². The van der Waals surface area contributed by atoms with Gasteiger partial charge in [-0.15, -0.1) is 10.2 Å². The number of hydrogen-bond donors (Lipinski definition) is 2. The number of hydrogen-bond acceptors (Lipinski definition) is 6. The molecule has 0 aliphatic carbocycles. The van der Waals surface area contributed by atoms with E-state index in [1.165, 1.54) is 11.3 Å². The molecule has 0 fully saturated rings. The number of nitrogens with one attached hydrogen (secondary N) is 1. The van der Waals surface area contributed by atoms with Crippen LogP contribution in [0.2, 0.25) is 0 Å². The Morgan fingerprint density at radius 1 is 1.30 bits per heavy atom. The lowest BCUT2D eigenvalue weighted by Gasteiger charge is -2.12. The van der Waals surface area contributed by atoms with E-state index in [0.29, 0.717) is 12.0 Å². The minimum Gasteiger partial charge on any atom is -0.398 e. The number of nitrogen functional groups attached to an aromatic ring is 1. The summed E-state index contributed by atoms with van der Waals surface area (Å²) >= 11 is 1.22. The summed E-state index contributed by atoms with van der Waals surface area (Å²) in [6, 6.07) is 3.39. The second-order valence-corrected chi connectivity index (χ2v) is 7.07. The molecule has 0 unspecified atom stereocenters. The first kappa shape index (κ1) is 14.7. The van der Waals surface area contributed by atoms with Crippen LogP contribution in [0.4, 0.5) is 10.8 Å². The maximum Gasteiger partial charge on any atom is 0.266 e. The van der Waals surface area contributed by atoms with E-state index in [1.54, 1.807) is 19.1 Å². The van der Waals surface area contributed by atoms with Gasteiger partial charge >= 0.3 is 0 Å². The highest BCUT2D eigenvalue weighted by Crippen LogP contribution is 2.28. The fourth-order valence-electron chi connectivity index (χ4n) is 1.77. The first-order chi connectivity index (χ1) is 9.35. The summed E-state index contributed by atoms with van der Waals surface area (Å²) < 4.78 is 27.3. The third kappa shape index (κ3) is 2.75. The Kier molecular flexibility index (Phi) is 3.96. The van der Waals surface area contributed by atoms with Gasteiger partial charge in [0.25, 0.3) is 10.0 Å². The van der Waals surface area contributed by atoms with Crippen LogP contribution in [0.5, 0.6) is 0 Å². The van der Waals surface area contributed by atoms with Crippen LogP contribution in [0, 0.1) is 13.8 Å². The van der Waals surface area contributed by atoms with Crippen molar-refractivity contribution in [3.8, 4) is 0 Å². The second kappa shape index (κ2) is 5.37. The number of benzene rings is 1. The zero-order chi connectivity index (χ0) is 14.9. The van der Waals surface area contributed by atoms with E-state index in [2.05, 4.69) is 14.9 Å². The standard InChI is InChI=1S/C12H16N4O2S2/c1-4-10-14-15-12(19-10)16-20(17,18)11-8(3)7(2)5-6-9(11)13/h5-6H,4,13H2,1-3H3,(H,15,16). The molecular formula is C12H16N4O2S2. The molecule has 1 heterocycles. The average molecular weight is 312 g/mol. The van der Waals surface area contributed by atoms with E-state index >= 15 is 0 Å². The molecule has 3 N–H and O–H groups in total. The van der Waals surface area contributed by atoms with Crippen molar-refractivity contribution in [2.75, 3.05) is 10.5 Å². The summed E-state index contributed by atoms with van der Waals surface area (Å²) in [5.74, 6) is 0. The van der Waals surface area contributed by atoms with Gasteiger partial charge in [-0.3, -0.25) is 4.72 Å². The molecule has 6 nitrogen and oxygen atoms in total. The number of rotatable bonds is 4. The summed E-state index contributed by atoms with van der Waals surface area (Å²) in [6.07, 6.45) is 0.713. The summed E-state index contributed by atoms with van der Waals surface area (Å²) in [5.41, 5.74) is 7.54. The summed E-state index contributed by atoms with van der Waals surface area (Å²) in [7, 11) is -3.76. The fourth-order valence-corrected chi connectivity index (χ4v) is 4.11. The van der Waals surface area contributed by atoms with Gasteiger partial charge in [0, 0.05) is 0 Å². The Labute approximate surface area is 122 Å². The third-order valence-electron chi connectivity index (χ3n) is 2.97. The number of anilines is 2. The molecule has 0 spiro atoms. The Morgan fingerprint density at radius 3 is 2.60 bits per heavy atom. The highest BCUT2D eigenvalue weighted by atomic mass is 32.2. The van der Waals surface area contributed by atoms with Crippen molar-refractivity contribution >= 4 is 32.2 Å². The van der Waals surface area contributed by atoms with Crippen LogP contribution in [0.15, 0.2) is 17.0 Å². The minimum absolute atomic E-state index is 0.103. The number of nitrogens with two attached hydrogens (primary N) is 1. The van der Waals surface area contributed by atoms with Gasteiger partial charge in [-0.05, 0) is 37.5 Å². The largest absolute Gasteiger partial charge is 0.398 e. The van der Waals surface area contributed by atoms with Crippen LogP contribution >= 0.6 is 11.3 Å². The van der Waals surface area contributed by atoms with Crippen molar-refractivity contribution in [3.05, 3.63) is 28.3 Å². The molecule has 1 aromatic heterocycles. The smallest absolute Gasteiger partial charge is 0.266 e. The van der Waals surface area contributed by atoms with Crippen molar-refractivity contribution in [3.63, 3.8) is 0 Å². The average Bonchev–Trinajstić information content (AvgIpc) is 2.81. The lowest BCUT2D eigenvalue weighted by molar-refractivity contribution is 0.601. The van der Waals surface area contributed by atoms with Crippen LogP contribution in [-0.4, -0.2) is 18.6 Å². The predicted molar refractivity (Wildman–Crippen MR) is 80.4 cm³/mol. The maximum absolute atomic E-state index is 12.4. The van der Waals surface area contributed by atoms with Crippen LogP contribution in [0.3, 0.4) is 0 Å². The molecular weight excluding hydrogens is 296 g/mol. The highest BCUT2D eigenvalue weighted by molar-refractivity contribution is 7.93. The van der Waals surface area contributed by atoms with Crippen molar-refractivity contribution in [2.45, 2.75) is 32.1 Å². The molecule has 0 aliphatic heterocycles. The van der Waals surface area contributed by atoms with E-state index < -0.39 is 10.0 Å². The van der Waals surface area contributed by atoms with Gasteiger partial charge in [0.1, 0.15) is 9.90 Å². The number of sulfonamides is 1. The molecule has 0 bridgehead atoms. The number of aromatic nitrogens is 2. The molecule has 0 saturated carbocycles. The Bertz CT molecular complexity index is 738. The van der Waals surface area contributed by atoms with Crippen molar-refractivity contribution in [1.29, 1.82) is 0 Å². The van der Waals surface area contributed by atoms with Gasteiger partial charge in [-0.1, -0.05) is 24.3 Å². The molecule has 0 radical (unpaired) electrons. The van der Waals surface area contributed by atoms with E-state index in [-0.39, 0.29) is 15.7 Å². The summed E-state index contributed by atoms with van der Waals surface area (Å²) in [6.45, 7) is 5.51. The Balaban J connectivity index is 2.43. The Hall–Kier alpha value is -1.67. The molecule has 0 amide bonds. The predicted octanol–water partition coefficient (Wildman–Crippen LogP) is 2.10. The van der Waals surface area contributed by atoms with Crippen molar-refractivity contribution in [1.82, 2.24) is 10.2 Å². The summed E-state index contributed by atoms with van der Waals surface area (Å²) in [4.78, 5) is 0.103. The van der Waals surface area contributed by atoms with Gasteiger partial charge in [-0.2, -0.15) is 0 Å². The normalized spacial score (nSPS) is 11.6. The SMILES string of the molecule is CCc1nnc(NS(=O)(=O)c2c(N)ccc(C)c2C)s1. The first-order valence-electron chi connectivity index (χ1n) is 6.06. The van der Waals surface area contributed by atoms with E-state index in [4.69, 9.17) is 5.73 Å². The zero-order valence-corrected chi connectivity index (χ0v) is 13.1. The maximum atomic E-state index is 12.4. The molecule has 2 aromatic rings. The van der Waals surface area contributed by atoms with E-state index in [9.17, 15) is 8.42 Å². The van der Waals surface area contributed by atoms with Gasteiger partial charge < -0.3 is 5.73 Å². The van der Waals surface area contributed by atoms with Gasteiger partial charge in [0.2, 0.25) is 5.13 Å². The molecule has 2 rings (SSSR count). The van der Waals surface area contributed by atoms with Crippen LogP contribution in [0.1, 0.15) is 23.1 Å². The molecule has 1 aromatic carbocycles. The lowest BCUT2D eigenvalue weighted by Crippen LogP contribution is -2.16. The van der Waals surface area contributed by atoms with Crippen LogP contribution in [0.25, 0.3) is 0 Å². The number of nitrogens with zero attached hydrogens (tertiary/aromatic N) is 2. The Morgan fingerprint density at radius 2 is 2.00 bits per heavy atom. The third-order valence-corrected chi connectivity index (χ3v) is 5.62. The number of aryl methyl sites for hydroxylation is 2. The lowest BCUT2D eigenvalue weighted by atomic mass is 10.1. The summed E-state index contributed by atoms with van der Waals surface area (Å²) in [5, 5.41) is 8.73. The zero-order valence-electron chi connectivity index (χ0n) is 11.5. The molecule has 0 saturated heterocycles. The van der Waals surface area contributed by atoms with Gasteiger partial charge in [-0.25, -0.2) is 8.42 Å². The molecule has 0 aliphatic rings. The first-order valence-corrected chi connectivity index (χ1v) is 8.36. The molecule has 8 heteroatoms. The quantitative estimate of drug-likeness (QED) is 0.842. The molecule has 0 atom stereocenters. The second-order valence-electron chi connectivity index (χ2n) is 4.39. The topological polar surface area (TPSA) is 98.0 Å². The van der Waals surface area contributed by atoms with Crippen LogP contribution < -0.4 is 10.5 Å². The monoisotopic (exact) mass is 312 g/mol. The van der Waals surface area contributed by atoms with Gasteiger partial charge in [0.15, 0.2) is 0 Å².